The van der Waals surface area contributed by atoms with Crippen LogP contribution < -0.4 is 5.32 Å². The van der Waals surface area contributed by atoms with Crippen molar-refractivity contribution in [1.82, 2.24) is 15.1 Å². The fourth-order valence-corrected chi connectivity index (χ4v) is 4.23. The van der Waals surface area contributed by atoms with Gasteiger partial charge < -0.3 is 10.1 Å². The summed E-state index contributed by atoms with van der Waals surface area (Å²) in [6.07, 6.45) is 1.12. The van der Waals surface area contributed by atoms with E-state index in [2.05, 4.69) is 10.4 Å². The topological polar surface area (TPSA) is 107 Å². The summed E-state index contributed by atoms with van der Waals surface area (Å²) in [4.78, 5) is 24.5. The van der Waals surface area contributed by atoms with Crippen LogP contribution in [0.3, 0.4) is 0 Å². The number of nitrogens with zero attached hydrogens (tertiary/aromatic N) is 2. The van der Waals surface area contributed by atoms with E-state index in [1.807, 2.05) is 48.9 Å². The van der Waals surface area contributed by atoms with Crippen molar-refractivity contribution in [1.29, 1.82) is 0 Å². The molecule has 1 amide bonds. The highest BCUT2D eigenvalue weighted by molar-refractivity contribution is 7.89. The first-order valence-corrected chi connectivity index (χ1v) is 12.5. The molecule has 0 aliphatic carbocycles. The molecule has 3 rings (SSSR count). The first kappa shape index (κ1) is 24.2. The van der Waals surface area contributed by atoms with Crippen molar-refractivity contribution in [2.75, 3.05) is 12.9 Å². The van der Waals surface area contributed by atoms with Gasteiger partial charge in [0.1, 0.15) is 0 Å². The third-order valence-electron chi connectivity index (χ3n) is 5.09. The minimum absolute atomic E-state index is 0.175. The molecule has 0 atom stereocenters. The molecular formula is C24H27N3O5S. The fourth-order valence-electron chi connectivity index (χ4n) is 3.44. The number of sulfone groups is 1. The molecule has 0 unspecified atom stereocenters. The third-order valence-corrected chi connectivity index (χ3v) is 5.95. The van der Waals surface area contributed by atoms with Crippen molar-refractivity contribution in [3.8, 4) is 0 Å². The summed E-state index contributed by atoms with van der Waals surface area (Å²) in [5.41, 5.74) is 4.50. The third kappa shape index (κ3) is 7.01. The molecular weight excluding hydrogens is 442 g/mol. The monoisotopic (exact) mass is 469 g/mol. The summed E-state index contributed by atoms with van der Waals surface area (Å²) in [7, 11) is -3.23. The molecule has 0 aliphatic heterocycles. The Morgan fingerprint density at radius 3 is 2.42 bits per heavy atom. The molecule has 0 aliphatic rings. The maximum absolute atomic E-state index is 12.3. The number of carbonyl (C=O) groups excluding carboxylic acids is 2. The van der Waals surface area contributed by atoms with Crippen LogP contribution in [0.25, 0.3) is 0 Å². The van der Waals surface area contributed by atoms with Gasteiger partial charge >= 0.3 is 5.97 Å². The van der Waals surface area contributed by atoms with Gasteiger partial charge in [-0.15, -0.1) is 0 Å². The number of benzene rings is 2. The van der Waals surface area contributed by atoms with Crippen molar-refractivity contribution in [2.24, 2.45) is 0 Å². The normalized spacial score (nSPS) is 11.2. The number of aryl methyl sites for hydroxylation is 1. The lowest BCUT2D eigenvalue weighted by atomic mass is 10.1. The van der Waals surface area contributed by atoms with Gasteiger partial charge in [-0.25, -0.2) is 13.2 Å². The van der Waals surface area contributed by atoms with E-state index in [4.69, 9.17) is 4.74 Å². The first-order valence-electron chi connectivity index (χ1n) is 10.4. The average molecular weight is 470 g/mol. The predicted octanol–water partition coefficient (Wildman–Crippen LogP) is 2.57. The van der Waals surface area contributed by atoms with Gasteiger partial charge in [0.05, 0.1) is 23.6 Å². The lowest BCUT2D eigenvalue weighted by molar-refractivity contribution is -0.124. The Balaban J connectivity index is 1.54. The van der Waals surface area contributed by atoms with Gasteiger partial charge in [-0.05, 0) is 37.1 Å². The number of rotatable bonds is 9. The Bertz CT molecular complexity index is 1250. The molecule has 0 fully saturated rings. The van der Waals surface area contributed by atoms with E-state index in [0.29, 0.717) is 12.1 Å². The lowest BCUT2D eigenvalue weighted by Gasteiger charge is -2.09. The SMILES string of the molecule is Cc1nn(Cc2ccccc2)c(C)c1CNC(=O)COC(=O)c1cccc(CS(C)(=O)=O)c1. The second kappa shape index (κ2) is 10.4. The molecule has 0 radical (unpaired) electrons. The van der Waals surface area contributed by atoms with Crippen LogP contribution in [0.5, 0.6) is 0 Å². The Kier molecular flexibility index (Phi) is 7.65. The summed E-state index contributed by atoms with van der Waals surface area (Å²) in [5, 5.41) is 7.33. The Morgan fingerprint density at radius 2 is 1.73 bits per heavy atom. The van der Waals surface area contributed by atoms with Crippen LogP contribution in [-0.4, -0.2) is 42.9 Å². The van der Waals surface area contributed by atoms with Crippen molar-refractivity contribution >= 4 is 21.7 Å². The maximum atomic E-state index is 12.3. The van der Waals surface area contributed by atoms with Crippen molar-refractivity contribution < 1.29 is 22.7 Å². The van der Waals surface area contributed by atoms with Gasteiger partial charge in [-0.1, -0.05) is 42.5 Å². The van der Waals surface area contributed by atoms with E-state index in [-0.39, 0.29) is 17.9 Å². The van der Waals surface area contributed by atoms with Crippen LogP contribution in [0.15, 0.2) is 54.6 Å². The molecule has 1 aromatic heterocycles. The number of hydrogen-bond donors (Lipinski definition) is 1. The molecule has 0 bridgehead atoms. The number of hydrogen-bond acceptors (Lipinski definition) is 6. The smallest absolute Gasteiger partial charge is 0.338 e. The van der Waals surface area contributed by atoms with Crippen molar-refractivity contribution in [3.63, 3.8) is 0 Å². The summed E-state index contributed by atoms with van der Waals surface area (Å²) in [6, 6.07) is 16.1. The molecule has 174 valence electrons. The molecule has 33 heavy (non-hydrogen) atoms. The highest BCUT2D eigenvalue weighted by Crippen LogP contribution is 2.15. The number of nitrogens with one attached hydrogen (secondary N) is 1. The second-order valence-corrected chi connectivity index (χ2v) is 10.1. The molecule has 0 saturated heterocycles. The van der Waals surface area contributed by atoms with E-state index in [9.17, 15) is 18.0 Å². The van der Waals surface area contributed by atoms with Gasteiger partial charge in [0.15, 0.2) is 16.4 Å². The molecule has 9 heteroatoms. The number of aromatic nitrogens is 2. The second-order valence-electron chi connectivity index (χ2n) is 7.92. The number of amides is 1. The molecule has 8 nitrogen and oxygen atoms in total. The Labute approximate surface area is 193 Å². The Hall–Kier alpha value is -3.46. The van der Waals surface area contributed by atoms with Gasteiger partial charge in [0.25, 0.3) is 5.91 Å². The van der Waals surface area contributed by atoms with Crippen LogP contribution in [0.2, 0.25) is 0 Å². The van der Waals surface area contributed by atoms with Crippen LogP contribution in [0.4, 0.5) is 0 Å². The van der Waals surface area contributed by atoms with E-state index >= 15 is 0 Å². The zero-order valence-corrected chi connectivity index (χ0v) is 19.7. The van der Waals surface area contributed by atoms with Gasteiger partial charge in [-0.2, -0.15) is 5.10 Å². The minimum atomic E-state index is -3.23. The summed E-state index contributed by atoms with van der Waals surface area (Å²) in [5.74, 6) is -1.31. The van der Waals surface area contributed by atoms with E-state index in [0.717, 1.165) is 28.8 Å². The van der Waals surface area contributed by atoms with Crippen molar-refractivity contribution in [3.05, 3.63) is 88.2 Å². The first-order chi connectivity index (χ1) is 15.6. The zero-order chi connectivity index (χ0) is 24.0. The van der Waals surface area contributed by atoms with E-state index in [1.54, 1.807) is 12.1 Å². The molecule has 3 aromatic rings. The molecule has 0 saturated carbocycles. The van der Waals surface area contributed by atoms with Crippen LogP contribution in [0.1, 0.15) is 38.4 Å². The van der Waals surface area contributed by atoms with Crippen molar-refractivity contribution in [2.45, 2.75) is 32.7 Å². The standard InChI is InChI=1S/C24H27N3O5S/c1-17-22(18(2)27(26-17)14-19-8-5-4-6-9-19)13-25-23(28)15-32-24(29)21-11-7-10-20(12-21)16-33(3,30)31/h4-12H,13-16H2,1-3H3,(H,25,28). The van der Waals surface area contributed by atoms with E-state index < -0.39 is 28.3 Å². The molecule has 1 heterocycles. The number of carbonyl (C=O) groups is 2. The zero-order valence-electron chi connectivity index (χ0n) is 18.9. The largest absolute Gasteiger partial charge is 0.452 e. The predicted molar refractivity (Wildman–Crippen MR) is 124 cm³/mol. The molecule has 0 spiro atoms. The van der Waals surface area contributed by atoms with Gasteiger partial charge in [0, 0.05) is 24.1 Å². The summed E-state index contributed by atoms with van der Waals surface area (Å²) >= 11 is 0. The van der Waals surface area contributed by atoms with Crippen LogP contribution in [0, 0.1) is 13.8 Å². The quantitative estimate of drug-likeness (QED) is 0.483. The molecule has 2 aromatic carbocycles. The van der Waals surface area contributed by atoms with Gasteiger partial charge in [-0.3, -0.25) is 9.48 Å². The summed E-state index contributed by atoms with van der Waals surface area (Å²) in [6.45, 7) is 4.31. The van der Waals surface area contributed by atoms with Crippen LogP contribution in [-0.2, 0) is 38.2 Å². The van der Waals surface area contributed by atoms with E-state index in [1.165, 1.54) is 12.1 Å². The minimum Gasteiger partial charge on any atom is -0.452 e. The lowest BCUT2D eigenvalue weighted by Crippen LogP contribution is -2.28. The number of ether oxygens (including phenoxy) is 1. The molecule has 1 N–H and O–H groups in total. The Morgan fingerprint density at radius 1 is 1.03 bits per heavy atom. The highest BCUT2D eigenvalue weighted by Gasteiger charge is 2.15. The number of esters is 1. The van der Waals surface area contributed by atoms with Gasteiger partial charge in [0.2, 0.25) is 0 Å². The summed E-state index contributed by atoms with van der Waals surface area (Å²) < 4.78 is 29.9. The maximum Gasteiger partial charge on any atom is 0.338 e. The highest BCUT2D eigenvalue weighted by atomic mass is 32.2. The average Bonchev–Trinajstić information content (AvgIpc) is 3.02. The fraction of sp³-hybridized carbons (Fsp3) is 0.292. The van der Waals surface area contributed by atoms with Crippen LogP contribution >= 0.6 is 0 Å².